The highest BCUT2D eigenvalue weighted by Gasteiger charge is 2.40. The van der Waals surface area contributed by atoms with E-state index in [0.29, 0.717) is 18.7 Å². The van der Waals surface area contributed by atoms with Crippen LogP contribution in [0.15, 0.2) is 4.52 Å². The summed E-state index contributed by atoms with van der Waals surface area (Å²) in [5.74, 6) is 0.0905. The van der Waals surface area contributed by atoms with Gasteiger partial charge in [0.05, 0.1) is 6.61 Å². The third-order valence-electron chi connectivity index (χ3n) is 4.33. The van der Waals surface area contributed by atoms with Crippen molar-refractivity contribution in [2.45, 2.75) is 96.7 Å². The minimum atomic E-state index is -3.30. The van der Waals surface area contributed by atoms with Crippen LogP contribution < -0.4 is 0 Å². The van der Waals surface area contributed by atoms with Crippen LogP contribution in [-0.4, -0.2) is 47.1 Å². The highest BCUT2D eigenvalue weighted by molar-refractivity contribution is 7.60. The number of aromatic nitrogens is 2. The van der Waals surface area contributed by atoms with Gasteiger partial charge in [-0.15, -0.1) is 0 Å². The highest BCUT2D eigenvalue weighted by atomic mass is 31.2. The van der Waals surface area contributed by atoms with Crippen LogP contribution in [0.4, 0.5) is 8.78 Å². The number of rotatable bonds is 14. The van der Waals surface area contributed by atoms with E-state index in [1.54, 1.807) is 27.7 Å². The first-order chi connectivity index (χ1) is 13.9. The normalized spacial score (nSPS) is 15.2. The van der Waals surface area contributed by atoms with E-state index in [1.165, 1.54) is 6.66 Å². The molecule has 0 aromatic carbocycles. The fourth-order valence-electron chi connectivity index (χ4n) is 2.91. The topological polar surface area (TPSA) is 91.5 Å². The number of carbonyl (C=O) groups excluding carboxylic acids is 1. The maximum atomic E-state index is 12.9. The van der Waals surface area contributed by atoms with E-state index in [9.17, 15) is 18.1 Å². The van der Waals surface area contributed by atoms with E-state index in [0.717, 1.165) is 25.7 Å². The van der Waals surface area contributed by atoms with Gasteiger partial charge in [-0.05, 0) is 40.5 Å². The van der Waals surface area contributed by atoms with E-state index in [1.807, 2.05) is 0 Å². The summed E-state index contributed by atoms with van der Waals surface area (Å²) in [5.41, 5.74) is -1.75. The van der Waals surface area contributed by atoms with Crippen LogP contribution in [0, 0.1) is 0 Å². The first kappa shape index (κ1) is 26.7. The molecule has 0 amide bonds. The summed E-state index contributed by atoms with van der Waals surface area (Å²) in [6, 6.07) is 0. The van der Waals surface area contributed by atoms with E-state index < -0.39 is 31.0 Å². The molecule has 30 heavy (non-hydrogen) atoms. The van der Waals surface area contributed by atoms with Gasteiger partial charge >= 0.3 is 5.97 Å². The van der Waals surface area contributed by atoms with Gasteiger partial charge in [-0.1, -0.05) is 24.4 Å². The summed E-state index contributed by atoms with van der Waals surface area (Å²) < 4.78 is 53.1. The van der Waals surface area contributed by atoms with E-state index in [4.69, 9.17) is 13.8 Å². The van der Waals surface area contributed by atoms with Crippen LogP contribution in [0.3, 0.4) is 0 Å². The maximum absolute atomic E-state index is 12.9. The number of alkyl halides is 2. The summed E-state index contributed by atoms with van der Waals surface area (Å²) >= 11 is 0. The molecule has 0 aliphatic carbocycles. The predicted octanol–water partition coefficient (Wildman–Crippen LogP) is 5.42. The molecule has 0 bridgehead atoms. The third-order valence-corrected chi connectivity index (χ3v) is 6.63. The first-order valence-corrected chi connectivity index (χ1v) is 12.6. The van der Waals surface area contributed by atoms with Gasteiger partial charge < -0.3 is 13.8 Å². The molecule has 1 rings (SSSR count). The molecule has 0 spiro atoms. The molecule has 2 atom stereocenters. The number of hydrogen-bond acceptors (Lipinski definition) is 7. The monoisotopic (exact) mass is 452 g/mol. The fourth-order valence-corrected chi connectivity index (χ4v) is 4.52. The second-order valence-electron chi connectivity index (χ2n) is 8.38. The van der Waals surface area contributed by atoms with Crippen molar-refractivity contribution >= 4 is 13.3 Å². The van der Waals surface area contributed by atoms with Gasteiger partial charge in [0.15, 0.2) is 5.82 Å². The van der Waals surface area contributed by atoms with Gasteiger partial charge in [0.2, 0.25) is 19.7 Å². The summed E-state index contributed by atoms with van der Waals surface area (Å²) in [7, 11) is -3.30. The lowest BCUT2D eigenvalue weighted by Gasteiger charge is -2.26. The number of nitrogens with zero attached hydrogens (tertiary/aromatic N) is 2. The minimum Gasteiger partial charge on any atom is -0.459 e. The molecule has 174 valence electrons. The van der Waals surface area contributed by atoms with Gasteiger partial charge in [0.25, 0.3) is 0 Å². The third kappa shape index (κ3) is 10.6. The zero-order chi connectivity index (χ0) is 22.8. The molecule has 0 saturated carbocycles. The molecular weight excluding hydrogens is 417 g/mol. The quantitative estimate of drug-likeness (QED) is 0.212. The zero-order valence-corrected chi connectivity index (χ0v) is 19.6. The van der Waals surface area contributed by atoms with Crippen LogP contribution in [0.2, 0.25) is 0 Å². The smallest absolute Gasteiger partial charge is 0.319 e. The second-order valence-corrected chi connectivity index (χ2v) is 11.1. The Morgan fingerprint density at radius 3 is 2.40 bits per heavy atom. The van der Waals surface area contributed by atoms with Crippen LogP contribution in [-0.2, 0) is 31.5 Å². The van der Waals surface area contributed by atoms with Crippen LogP contribution in [0.25, 0.3) is 0 Å². The zero-order valence-electron chi connectivity index (χ0n) is 18.7. The highest BCUT2D eigenvalue weighted by Crippen LogP contribution is 2.50. The van der Waals surface area contributed by atoms with E-state index in [2.05, 4.69) is 10.1 Å². The van der Waals surface area contributed by atoms with Gasteiger partial charge in [-0.3, -0.25) is 9.36 Å². The summed E-state index contributed by atoms with van der Waals surface area (Å²) in [6.45, 7) is 8.54. The van der Waals surface area contributed by atoms with Crippen LogP contribution in [0.5, 0.6) is 0 Å². The van der Waals surface area contributed by atoms with E-state index in [-0.39, 0.29) is 25.3 Å². The number of aryl methyl sites for hydroxylation is 1. The average molecular weight is 452 g/mol. The summed E-state index contributed by atoms with van der Waals surface area (Å²) in [4.78, 5) is 16.9. The first-order valence-electron chi connectivity index (χ1n) is 10.5. The molecule has 0 aliphatic rings. The summed E-state index contributed by atoms with van der Waals surface area (Å²) in [5, 5.41) is 3.92. The molecule has 0 fully saturated rings. The fraction of sp³-hybridized carbons (Fsp3) is 0.850. The molecule has 0 radical (unpaired) electrons. The SMILES string of the molecule is CCOP(C)(=O)C(Cc1nc(CCCCCCCC(F)F)no1)C(=O)OC(C)(C)C. The minimum absolute atomic E-state index is 0.0245. The Hall–Kier alpha value is -1.34. The number of hydrogen-bond donors (Lipinski definition) is 0. The van der Waals surface area contributed by atoms with Gasteiger partial charge in [-0.2, -0.15) is 4.98 Å². The van der Waals surface area contributed by atoms with Crippen molar-refractivity contribution in [3.8, 4) is 0 Å². The van der Waals surface area contributed by atoms with Gasteiger partial charge in [-0.25, -0.2) is 8.78 Å². The lowest BCUT2D eigenvalue weighted by atomic mass is 10.1. The molecular formula is C20H35F2N2O5P. The number of esters is 1. The average Bonchev–Trinajstić information content (AvgIpc) is 3.04. The number of unbranched alkanes of at least 4 members (excludes halogenated alkanes) is 4. The number of halogens is 2. The van der Waals surface area contributed by atoms with Crippen molar-refractivity contribution in [3.63, 3.8) is 0 Å². The van der Waals surface area contributed by atoms with E-state index >= 15 is 0 Å². The van der Waals surface area contributed by atoms with Crippen molar-refractivity contribution in [3.05, 3.63) is 11.7 Å². The molecule has 0 aliphatic heterocycles. The van der Waals surface area contributed by atoms with Crippen molar-refractivity contribution in [1.82, 2.24) is 10.1 Å². The Morgan fingerprint density at radius 2 is 1.80 bits per heavy atom. The predicted molar refractivity (Wildman–Crippen MR) is 110 cm³/mol. The van der Waals surface area contributed by atoms with Gasteiger partial charge in [0.1, 0.15) is 11.3 Å². The standard InChI is InChI=1S/C20H35F2N2O5P/c1-6-27-30(5,26)15(19(25)28-20(2,3)4)14-18-23-17(24-29-18)13-11-9-7-8-10-12-16(21)22/h15-16H,6-14H2,1-5H3. The number of ether oxygens (including phenoxy) is 1. The van der Waals surface area contributed by atoms with Gasteiger partial charge in [0, 0.05) is 25.9 Å². The summed E-state index contributed by atoms with van der Waals surface area (Å²) in [6.07, 6.45) is 2.19. The number of carbonyl (C=O) groups is 1. The molecule has 10 heteroatoms. The maximum Gasteiger partial charge on any atom is 0.319 e. The largest absolute Gasteiger partial charge is 0.459 e. The molecule has 7 nitrogen and oxygen atoms in total. The van der Waals surface area contributed by atoms with Crippen LogP contribution in [0.1, 0.15) is 77.9 Å². The molecule has 0 saturated heterocycles. The van der Waals surface area contributed by atoms with Crippen molar-refractivity contribution in [2.24, 2.45) is 0 Å². The van der Waals surface area contributed by atoms with Crippen molar-refractivity contribution in [2.75, 3.05) is 13.3 Å². The molecule has 1 heterocycles. The Kier molecular flexibility index (Phi) is 11.1. The lowest BCUT2D eigenvalue weighted by molar-refractivity contribution is -0.154. The molecule has 1 aromatic rings. The lowest BCUT2D eigenvalue weighted by Crippen LogP contribution is -2.33. The Labute approximate surface area is 177 Å². The van der Waals surface area contributed by atoms with Crippen LogP contribution >= 0.6 is 7.37 Å². The van der Waals surface area contributed by atoms with Crippen molar-refractivity contribution in [1.29, 1.82) is 0 Å². The Bertz CT molecular complexity index is 691. The molecule has 0 N–H and O–H groups in total. The van der Waals surface area contributed by atoms with Crippen molar-refractivity contribution < 1.29 is 31.9 Å². The molecule has 1 aromatic heterocycles. The molecule has 2 unspecified atom stereocenters. The second kappa shape index (κ2) is 12.5. The Balaban J connectivity index is 2.62. The Morgan fingerprint density at radius 1 is 1.17 bits per heavy atom.